The summed E-state index contributed by atoms with van der Waals surface area (Å²) in [5.74, 6) is -1.16. The molecule has 2 aliphatic rings. The highest BCUT2D eigenvalue weighted by Gasteiger charge is 2.45. The molecule has 0 atom stereocenters. The van der Waals surface area contributed by atoms with Gasteiger partial charge in [0.15, 0.2) is 0 Å². The van der Waals surface area contributed by atoms with Crippen molar-refractivity contribution in [3.8, 4) is 0 Å². The molecule has 19 heavy (non-hydrogen) atoms. The summed E-state index contributed by atoms with van der Waals surface area (Å²) in [6.07, 6.45) is 3.34. The first-order valence-corrected chi connectivity index (χ1v) is 6.78. The number of nitrogens with zero attached hydrogens (tertiary/aromatic N) is 1. The first-order chi connectivity index (χ1) is 8.73. The molecule has 5 heteroatoms. The van der Waals surface area contributed by atoms with E-state index in [2.05, 4.69) is 0 Å². The quantitative estimate of drug-likeness (QED) is 0.788. The Morgan fingerprint density at radius 1 is 1.21 bits per heavy atom. The monoisotopic (exact) mass is 267 g/mol. The summed E-state index contributed by atoms with van der Waals surface area (Å²) >= 11 is 0. The lowest BCUT2D eigenvalue weighted by molar-refractivity contribution is -0.158. The van der Waals surface area contributed by atoms with Crippen molar-refractivity contribution >= 4 is 17.8 Å². The van der Waals surface area contributed by atoms with Crippen LogP contribution in [0.15, 0.2) is 0 Å². The van der Waals surface area contributed by atoms with Crippen LogP contribution in [0.4, 0.5) is 0 Å². The zero-order valence-corrected chi connectivity index (χ0v) is 11.6. The van der Waals surface area contributed by atoms with E-state index in [4.69, 9.17) is 5.11 Å². The standard InChI is InChI=1S/C14H21NO4/c1-13(2)6-10(16)15(11(17)7-13)9-14(4-3-5-14)8-12(18)19/h3-9H2,1-2H3,(H,18,19). The number of likely N-dealkylation sites (tertiary alicyclic amines) is 1. The lowest BCUT2D eigenvalue weighted by Gasteiger charge is -2.45. The molecule has 0 unspecified atom stereocenters. The van der Waals surface area contributed by atoms with Gasteiger partial charge in [-0.3, -0.25) is 19.3 Å². The van der Waals surface area contributed by atoms with Crippen LogP contribution in [-0.4, -0.2) is 34.3 Å². The predicted octanol–water partition coefficient (Wildman–Crippen LogP) is 1.81. The first-order valence-electron chi connectivity index (χ1n) is 6.78. The van der Waals surface area contributed by atoms with Crippen LogP contribution in [-0.2, 0) is 14.4 Å². The van der Waals surface area contributed by atoms with Gasteiger partial charge in [-0.2, -0.15) is 0 Å². The number of amides is 2. The Bertz CT molecular complexity index is 403. The first kappa shape index (κ1) is 14.0. The van der Waals surface area contributed by atoms with Crippen LogP contribution >= 0.6 is 0 Å². The largest absolute Gasteiger partial charge is 0.481 e. The van der Waals surface area contributed by atoms with Gasteiger partial charge in [-0.25, -0.2) is 0 Å². The van der Waals surface area contributed by atoms with E-state index in [0.29, 0.717) is 12.8 Å². The molecule has 1 aliphatic heterocycles. The van der Waals surface area contributed by atoms with Crippen LogP contribution in [0.2, 0.25) is 0 Å². The number of aliphatic carboxylic acids is 1. The summed E-state index contributed by atoms with van der Waals surface area (Å²) in [7, 11) is 0. The zero-order chi connectivity index (χ0) is 14.3. The molecule has 0 aromatic rings. The normalized spacial score (nSPS) is 25.1. The molecular formula is C14H21NO4. The molecule has 1 N–H and O–H groups in total. The number of carboxylic acids is 1. The molecule has 2 amide bonds. The summed E-state index contributed by atoms with van der Waals surface area (Å²) in [6.45, 7) is 4.11. The molecule has 0 aromatic carbocycles. The molecule has 1 heterocycles. The van der Waals surface area contributed by atoms with Crippen LogP contribution in [0.25, 0.3) is 0 Å². The molecule has 2 rings (SSSR count). The van der Waals surface area contributed by atoms with Gasteiger partial charge in [-0.15, -0.1) is 0 Å². The van der Waals surface area contributed by atoms with Crippen LogP contribution in [0.3, 0.4) is 0 Å². The fraction of sp³-hybridized carbons (Fsp3) is 0.786. The van der Waals surface area contributed by atoms with E-state index in [9.17, 15) is 14.4 Å². The molecule has 1 saturated carbocycles. The molecular weight excluding hydrogens is 246 g/mol. The Morgan fingerprint density at radius 2 is 1.74 bits per heavy atom. The van der Waals surface area contributed by atoms with Crippen molar-refractivity contribution in [1.29, 1.82) is 0 Å². The summed E-state index contributed by atoms with van der Waals surface area (Å²) in [5.41, 5.74) is -0.650. The lowest BCUT2D eigenvalue weighted by atomic mass is 9.66. The molecule has 106 valence electrons. The minimum Gasteiger partial charge on any atom is -0.481 e. The smallest absolute Gasteiger partial charge is 0.303 e. The maximum atomic E-state index is 12.1. The topological polar surface area (TPSA) is 74.7 Å². The van der Waals surface area contributed by atoms with Gasteiger partial charge in [0.05, 0.1) is 6.42 Å². The van der Waals surface area contributed by atoms with Crippen molar-refractivity contribution in [3.63, 3.8) is 0 Å². The van der Waals surface area contributed by atoms with Crippen molar-refractivity contribution in [2.24, 2.45) is 10.8 Å². The summed E-state index contributed by atoms with van der Waals surface area (Å²) < 4.78 is 0. The van der Waals surface area contributed by atoms with E-state index in [0.717, 1.165) is 19.3 Å². The number of piperidine rings is 1. The Labute approximate surface area is 113 Å². The van der Waals surface area contributed by atoms with Gasteiger partial charge in [-0.1, -0.05) is 20.3 Å². The molecule has 5 nitrogen and oxygen atoms in total. The van der Waals surface area contributed by atoms with E-state index in [1.54, 1.807) is 0 Å². The Balaban J connectivity index is 2.08. The van der Waals surface area contributed by atoms with Gasteiger partial charge >= 0.3 is 5.97 Å². The van der Waals surface area contributed by atoms with E-state index >= 15 is 0 Å². The van der Waals surface area contributed by atoms with Crippen LogP contribution < -0.4 is 0 Å². The summed E-state index contributed by atoms with van der Waals surface area (Å²) in [6, 6.07) is 0. The Kier molecular flexibility index (Phi) is 3.41. The Hall–Kier alpha value is -1.39. The highest BCUT2D eigenvalue weighted by Crippen LogP contribution is 2.45. The maximum absolute atomic E-state index is 12.1. The zero-order valence-electron chi connectivity index (χ0n) is 11.6. The SMILES string of the molecule is CC1(C)CC(=O)N(CC2(CC(=O)O)CCC2)C(=O)C1. The van der Waals surface area contributed by atoms with E-state index < -0.39 is 5.97 Å². The van der Waals surface area contributed by atoms with Gasteiger partial charge in [-0.05, 0) is 23.7 Å². The molecule has 1 aliphatic carbocycles. The number of hydrogen-bond acceptors (Lipinski definition) is 3. The molecule has 2 fully saturated rings. The van der Waals surface area contributed by atoms with E-state index in [1.165, 1.54) is 4.90 Å². The van der Waals surface area contributed by atoms with Gasteiger partial charge in [0, 0.05) is 19.4 Å². The number of imide groups is 1. The van der Waals surface area contributed by atoms with E-state index in [-0.39, 0.29) is 35.6 Å². The van der Waals surface area contributed by atoms with E-state index in [1.807, 2.05) is 13.8 Å². The summed E-state index contributed by atoms with van der Waals surface area (Å²) in [5, 5.41) is 8.97. The minimum absolute atomic E-state index is 0.0491. The fourth-order valence-corrected chi connectivity index (χ4v) is 3.11. The van der Waals surface area contributed by atoms with Gasteiger partial charge < -0.3 is 5.11 Å². The number of carbonyl (C=O) groups excluding carboxylic acids is 2. The van der Waals surface area contributed by atoms with Crippen molar-refractivity contribution in [2.45, 2.75) is 52.4 Å². The third-order valence-electron chi connectivity index (χ3n) is 4.30. The van der Waals surface area contributed by atoms with Gasteiger partial charge in [0.25, 0.3) is 0 Å². The highest BCUT2D eigenvalue weighted by molar-refractivity contribution is 5.98. The van der Waals surface area contributed by atoms with Crippen LogP contribution in [0.5, 0.6) is 0 Å². The van der Waals surface area contributed by atoms with Gasteiger partial charge in [0.2, 0.25) is 11.8 Å². The van der Waals surface area contributed by atoms with Crippen molar-refractivity contribution < 1.29 is 19.5 Å². The number of rotatable bonds is 4. The molecule has 1 saturated heterocycles. The average Bonchev–Trinajstić information content (AvgIpc) is 2.17. The van der Waals surface area contributed by atoms with Crippen molar-refractivity contribution in [3.05, 3.63) is 0 Å². The molecule has 0 radical (unpaired) electrons. The third kappa shape index (κ3) is 2.96. The number of carboxylic acid groups (broad SMARTS) is 1. The van der Waals surface area contributed by atoms with Gasteiger partial charge in [0.1, 0.15) is 0 Å². The van der Waals surface area contributed by atoms with Crippen molar-refractivity contribution in [1.82, 2.24) is 4.90 Å². The second-order valence-electron chi connectivity index (χ2n) is 6.82. The fourth-order valence-electron chi connectivity index (χ4n) is 3.11. The van der Waals surface area contributed by atoms with Crippen LogP contribution in [0.1, 0.15) is 52.4 Å². The molecule has 0 spiro atoms. The highest BCUT2D eigenvalue weighted by atomic mass is 16.4. The maximum Gasteiger partial charge on any atom is 0.303 e. The third-order valence-corrected chi connectivity index (χ3v) is 4.30. The second kappa shape index (κ2) is 4.62. The predicted molar refractivity (Wildman–Crippen MR) is 68.3 cm³/mol. The average molecular weight is 267 g/mol. The number of hydrogen-bond donors (Lipinski definition) is 1. The van der Waals surface area contributed by atoms with Crippen LogP contribution in [0, 0.1) is 10.8 Å². The molecule has 0 aromatic heterocycles. The van der Waals surface area contributed by atoms with Crippen molar-refractivity contribution in [2.75, 3.05) is 6.54 Å². The number of carbonyl (C=O) groups is 3. The molecule has 0 bridgehead atoms. The Morgan fingerprint density at radius 3 is 2.11 bits per heavy atom. The second-order valence-corrected chi connectivity index (χ2v) is 6.82. The minimum atomic E-state index is -0.850. The lowest BCUT2D eigenvalue weighted by Crippen LogP contribution is -2.52. The summed E-state index contributed by atoms with van der Waals surface area (Å²) in [4.78, 5) is 36.4.